The topological polar surface area (TPSA) is 106 Å². The molecule has 1 saturated heterocycles. The van der Waals surface area contributed by atoms with Gasteiger partial charge < -0.3 is 4.90 Å². The van der Waals surface area contributed by atoms with E-state index < -0.39 is 21.2 Å². The molecule has 23 heavy (non-hydrogen) atoms. The van der Waals surface area contributed by atoms with Gasteiger partial charge in [0.1, 0.15) is 0 Å². The molecule has 1 aliphatic heterocycles. The van der Waals surface area contributed by atoms with Gasteiger partial charge in [-0.15, -0.1) is 0 Å². The summed E-state index contributed by atoms with van der Waals surface area (Å²) in [5.74, 6) is -0.378. The lowest BCUT2D eigenvalue weighted by molar-refractivity contribution is -0.394. The molecule has 0 saturated carbocycles. The van der Waals surface area contributed by atoms with Gasteiger partial charge in [-0.1, -0.05) is 32.6 Å². The van der Waals surface area contributed by atoms with Crippen molar-refractivity contribution in [3.05, 3.63) is 44.0 Å². The molecule has 1 amide bonds. The predicted octanol–water partition coefficient (Wildman–Crippen LogP) is 3.30. The predicted molar refractivity (Wildman–Crippen MR) is 83.3 cm³/mol. The number of nitrogens with zero attached hydrogens (tertiary/aromatic N) is 3. The highest BCUT2D eigenvalue weighted by Gasteiger charge is 2.38. The summed E-state index contributed by atoms with van der Waals surface area (Å²) in [4.78, 5) is 34.2. The van der Waals surface area contributed by atoms with Gasteiger partial charge in [-0.05, 0) is 6.42 Å². The lowest BCUT2D eigenvalue weighted by Gasteiger charge is -2.05. The number of amides is 1. The first-order valence-corrected chi connectivity index (χ1v) is 7.69. The van der Waals surface area contributed by atoms with Crippen LogP contribution in [0, 0.1) is 20.2 Å². The van der Waals surface area contributed by atoms with Crippen LogP contribution in [0.2, 0.25) is 0 Å². The van der Waals surface area contributed by atoms with E-state index in [1.807, 2.05) is 0 Å². The van der Waals surface area contributed by atoms with Crippen LogP contribution in [0.25, 0.3) is 0 Å². The van der Waals surface area contributed by atoms with E-state index in [-0.39, 0.29) is 17.5 Å². The summed E-state index contributed by atoms with van der Waals surface area (Å²) in [7, 11) is 0. The van der Waals surface area contributed by atoms with E-state index in [4.69, 9.17) is 0 Å². The highest BCUT2D eigenvalue weighted by Crippen LogP contribution is 2.29. The van der Waals surface area contributed by atoms with Gasteiger partial charge in [0.05, 0.1) is 21.5 Å². The van der Waals surface area contributed by atoms with Gasteiger partial charge in [-0.3, -0.25) is 25.0 Å². The largest absolute Gasteiger partial charge is 0.332 e. The number of unbranched alkanes of at least 4 members (excludes halogenated alkanes) is 3. The minimum atomic E-state index is -0.728. The molecule has 1 atom stereocenters. The number of carbonyl (C=O) groups is 1. The zero-order valence-corrected chi connectivity index (χ0v) is 12.9. The molecule has 1 aliphatic rings. The minimum Gasteiger partial charge on any atom is -0.332 e. The second-order valence-electron chi connectivity index (χ2n) is 5.71. The van der Waals surface area contributed by atoms with Crippen LogP contribution in [0.1, 0.15) is 49.4 Å². The average molecular weight is 321 g/mol. The van der Waals surface area contributed by atoms with Crippen LogP contribution in [0.5, 0.6) is 0 Å². The third-order valence-electron chi connectivity index (χ3n) is 3.94. The number of benzene rings is 1. The molecular formula is C15H19N3O5. The number of hydrogen-bond acceptors (Lipinski definition) is 5. The number of rotatable bonds is 8. The standard InChI is InChI=1S/C15H19N3O5/c1-2-3-4-5-6-12-10-16(12)15(19)11-7-13(17(20)21)9-14(8-11)18(22)23/h7-9,12H,2-6,10H2,1H3/t12-,16?/m1/s1. The summed E-state index contributed by atoms with van der Waals surface area (Å²) in [5, 5.41) is 21.7. The summed E-state index contributed by atoms with van der Waals surface area (Å²) in [6.07, 6.45) is 5.37. The summed E-state index contributed by atoms with van der Waals surface area (Å²) in [6, 6.07) is 3.21. The van der Waals surface area contributed by atoms with Crippen molar-refractivity contribution < 1.29 is 14.6 Å². The molecular weight excluding hydrogens is 302 g/mol. The summed E-state index contributed by atoms with van der Waals surface area (Å²) in [5.41, 5.74) is -0.880. The fraction of sp³-hybridized carbons (Fsp3) is 0.533. The fourth-order valence-corrected chi connectivity index (χ4v) is 2.58. The Balaban J connectivity index is 2.05. The molecule has 0 spiro atoms. The molecule has 0 bridgehead atoms. The Labute approximate surface area is 133 Å². The maximum atomic E-state index is 12.3. The summed E-state index contributed by atoms with van der Waals surface area (Å²) >= 11 is 0. The molecule has 0 radical (unpaired) electrons. The second kappa shape index (κ2) is 7.17. The third-order valence-corrected chi connectivity index (χ3v) is 3.94. The first-order valence-electron chi connectivity index (χ1n) is 7.69. The first-order chi connectivity index (χ1) is 10.9. The minimum absolute atomic E-state index is 0.00181. The summed E-state index contributed by atoms with van der Waals surface area (Å²) < 4.78 is 0. The second-order valence-corrected chi connectivity index (χ2v) is 5.71. The molecule has 124 valence electrons. The molecule has 8 heteroatoms. The Kier molecular flexibility index (Phi) is 5.25. The molecule has 8 nitrogen and oxygen atoms in total. The highest BCUT2D eigenvalue weighted by molar-refractivity contribution is 5.97. The van der Waals surface area contributed by atoms with Gasteiger partial charge in [0, 0.05) is 24.7 Å². The quantitative estimate of drug-likeness (QED) is 0.316. The van der Waals surface area contributed by atoms with Crippen molar-refractivity contribution in [2.24, 2.45) is 0 Å². The van der Waals surface area contributed by atoms with E-state index in [0.717, 1.165) is 50.3 Å². The van der Waals surface area contributed by atoms with Gasteiger partial charge in [-0.25, -0.2) is 0 Å². The van der Waals surface area contributed by atoms with Crippen molar-refractivity contribution in [3.8, 4) is 0 Å². The monoisotopic (exact) mass is 321 g/mol. The number of hydrogen-bond donors (Lipinski definition) is 0. The molecule has 0 aromatic heterocycles. The maximum absolute atomic E-state index is 12.3. The zero-order valence-electron chi connectivity index (χ0n) is 12.9. The Morgan fingerprint density at radius 2 is 1.74 bits per heavy atom. The number of non-ortho nitro benzene ring substituents is 2. The van der Waals surface area contributed by atoms with Crippen molar-refractivity contribution >= 4 is 17.3 Å². The molecule has 2 rings (SSSR count). The Morgan fingerprint density at radius 3 is 2.26 bits per heavy atom. The van der Waals surface area contributed by atoms with Crippen LogP contribution >= 0.6 is 0 Å². The van der Waals surface area contributed by atoms with Crippen molar-refractivity contribution in [2.75, 3.05) is 6.54 Å². The maximum Gasteiger partial charge on any atom is 0.277 e. The highest BCUT2D eigenvalue weighted by atomic mass is 16.6. The van der Waals surface area contributed by atoms with Crippen molar-refractivity contribution in [1.29, 1.82) is 0 Å². The van der Waals surface area contributed by atoms with E-state index >= 15 is 0 Å². The van der Waals surface area contributed by atoms with E-state index in [0.29, 0.717) is 6.54 Å². The molecule has 0 N–H and O–H groups in total. The normalized spacial score (nSPS) is 16.2. The Hall–Kier alpha value is -2.51. The van der Waals surface area contributed by atoms with Crippen LogP contribution in [-0.4, -0.2) is 33.2 Å². The van der Waals surface area contributed by atoms with E-state index in [1.165, 1.54) is 0 Å². The van der Waals surface area contributed by atoms with Gasteiger partial charge in [-0.2, -0.15) is 0 Å². The molecule has 1 aromatic rings. The number of carbonyl (C=O) groups excluding carboxylic acids is 1. The van der Waals surface area contributed by atoms with E-state index in [9.17, 15) is 25.0 Å². The van der Waals surface area contributed by atoms with Crippen LogP contribution < -0.4 is 0 Å². The van der Waals surface area contributed by atoms with Crippen molar-refractivity contribution in [1.82, 2.24) is 4.90 Å². The van der Waals surface area contributed by atoms with Crippen molar-refractivity contribution in [3.63, 3.8) is 0 Å². The molecule has 1 fully saturated rings. The van der Waals surface area contributed by atoms with E-state index in [1.54, 1.807) is 4.90 Å². The molecule has 0 aliphatic carbocycles. The molecule has 1 heterocycles. The SMILES string of the molecule is CCCCCC[C@@H]1CN1C(=O)c1cc([N+](=O)[O-])cc([N+](=O)[O-])c1. The average Bonchev–Trinajstić information content (AvgIpc) is 3.29. The lowest BCUT2D eigenvalue weighted by Crippen LogP contribution is -2.14. The number of nitro groups is 2. The lowest BCUT2D eigenvalue weighted by atomic mass is 10.1. The molecule has 0 unspecified atom stereocenters. The number of nitro benzene ring substituents is 2. The van der Waals surface area contributed by atoms with Gasteiger partial charge in [0.2, 0.25) is 0 Å². The Bertz CT molecular complexity index is 599. The first kappa shape index (κ1) is 16.9. The van der Waals surface area contributed by atoms with Crippen LogP contribution in [0.15, 0.2) is 18.2 Å². The van der Waals surface area contributed by atoms with Crippen LogP contribution in [0.3, 0.4) is 0 Å². The van der Waals surface area contributed by atoms with Gasteiger partial charge in [0.25, 0.3) is 17.3 Å². The fourth-order valence-electron chi connectivity index (χ4n) is 2.58. The Morgan fingerprint density at radius 1 is 1.13 bits per heavy atom. The smallest absolute Gasteiger partial charge is 0.277 e. The van der Waals surface area contributed by atoms with Crippen molar-refractivity contribution in [2.45, 2.75) is 45.1 Å². The van der Waals surface area contributed by atoms with Gasteiger partial charge in [0.15, 0.2) is 0 Å². The summed E-state index contributed by atoms with van der Waals surface area (Å²) in [6.45, 7) is 2.74. The third kappa shape index (κ3) is 4.24. The molecule has 1 aromatic carbocycles. The van der Waals surface area contributed by atoms with Gasteiger partial charge >= 0.3 is 0 Å². The van der Waals surface area contributed by atoms with Crippen LogP contribution in [-0.2, 0) is 0 Å². The zero-order chi connectivity index (χ0) is 17.0. The van der Waals surface area contributed by atoms with E-state index in [2.05, 4.69) is 6.92 Å². The van der Waals surface area contributed by atoms with Crippen LogP contribution in [0.4, 0.5) is 11.4 Å².